The highest BCUT2D eigenvalue weighted by Crippen LogP contribution is 2.26. The van der Waals surface area contributed by atoms with Crippen LogP contribution in [0.3, 0.4) is 0 Å². The smallest absolute Gasteiger partial charge is 0.172 e. The Hall–Kier alpha value is -1.34. The molecular formula is C12H12Br2N4O. The lowest BCUT2D eigenvalue weighted by Crippen LogP contribution is -2.17. The van der Waals surface area contributed by atoms with Crippen molar-refractivity contribution in [3.63, 3.8) is 0 Å². The van der Waals surface area contributed by atoms with E-state index in [0.717, 1.165) is 26.0 Å². The summed E-state index contributed by atoms with van der Waals surface area (Å²) in [5, 5.41) is 16.4. The maximum Gasteiger partial charge on any atom is 0.172 e. The van der Waals surface area contributed by atoms with Gasteiger partial charge in [0.15, 0.2) is 5.84 Å². The number of benzene rings is 1. The Bertz CT molecular complexity index is 664. The molecule has 0 aliphatic heterocycles. The summed E-state index contributed by atoms with van der Waals surface area (Å²) in [6.07, 6.45) is 0. The zero-order chi connectivity index (χ0) is 14.2. The molecule has 7 heteroatoms. The average molecular weight is 388 g/mol. The lowest BCUT2D eigenvalue weighted by atomic mass is 10.1. The number of aryl methyl sites for hydroxylation is 1. The van der Waals surface area contributed by atoms with Crippen molar-refractivity contribution < 1.29 is 5.21 Å². The number of rotatable bonds is 2. The number of nitrogens with zero attached hydrogens (tertiary/aromatic N) is 3. The van der Waals surface area contributed by atoms with Gasteiger partial charge in [-0.1, -0.05) is 21.1 Å². The van der Waals surface area contributed by atoms with E-state index in [9.17, 15) is 0 Å². The fraction of sp³-hybridized carbons (Fsp3) is 0.167. The van der Waals surface area contributed by atoms with E-state index in [1.165, 1.54) is 0 Å². The molecule has 0 aliphatic carbocycles. The third kappa shape index (κ3) is 2.52. The summed E-state index contributed by atoms with van der Waals surface area (Å²) in [6.45, 7) is 3.86. The molecule has 0 aliphatic rings. The Morgan fingerprint density at radius 3 is 2.58 bits per heavy atom. The van der Waals surface area contributed by atoms with Crippen molar-refractivity contribution >= 4 is 37.7 Å². The predicted molar refractivity (Wildman–Crippen MR) is 80.9 cm³/mol. The molecule has 0 unspecified atom stereocenters. The van der Waals surface area contributed by atoms with Crippen molar-refractivity contribution in [3.8, 4) is 5.69 Å². The number of nitrogens with two attached hydrogens (primary N) is 1. The van der Waals surface area contributed by atoms with Crippen molar-refractivity contribution in [2.75, 3.05) is 0 Å². The molecule has 5 nitrogen and oxygen atoms in total. The van der Waals surface area contributed by atoms with Crippen LogP contribution in [0.25, 0.3) is 5.69 Å². The molecule has 0 radical (unpaired) electrons. The third-order valence-electron chi connectivity index (χ3n) is 2.77. The van der Waals surface area contributed by atoms with Gasteiger partial charge in [0.05, 0.1) is 21.5 Å². The van der Waals surface area contributed by atoms with Crippen molar-refractivity contribution in [2.24, 2.45) is 10.9 Å². The summed E-state index contributed by atoms with van der Waals surface area (Å²) < 4.78 is 3.59. The molecule has 0 amide bonds. The number of oxime groups is 1. The van der Waals surface area contributed by atoms with Crippen LogP contribution in [-0.2, 0) is 0 Å². The molecule has 1 aromatic carbocycles. The Kier molecular flexibility index (Phi) is 3.96. The minimum absolute atomic E-state index is 0.0474. The summed E-state index contributed by atoms with van der Waals surface area (Å²) in [6, 6.07) is 5.48. The second-order valence-electron chi connectivity index (χ2n) is 4.04. The van der Waals surface area contributed by atoms with E-state index in [1.807, 2.05) is 26.0 Å². The monoisotopic (exact) mass is 386 g/mol. The Labute approximate surface area is 127 Å². The van der Waals surface area contributed by atoms with Crippen LogP contribution in [0.15, 0.2) is 32.3 Å². The van der Waals surface area contributed by atoms with E-state index in [0.29, 0.717) is 5.56 Å². The standard InChI is InChI=1S/C12H12Br2N4O/c1-6-11(14)7(2)18(16-6)10-5-8(13)3-4-9(10)12(15)17-19/h3-5,19H,1-2H3,(H2,15,17). The molecule has 0 atom stereocenters. The van der Waals surface area contributed by atoms with E-state index < -0.39 is 0 Å². The largest absolute Gasteiger partial charge is 0.409 e. The van der Waals surface area contributed by atoms with Gasteiger partial charge < -0.3 is 10.9 Å². The highest BCUT2D eigenvalue weighted by Gasteiger charge is 2.15. The summed E-state index contributed by atoms with van der Waals surface area (Å²) >= 11 is 6.91. The summed E-state index contributed by atoms with van der Waals surface area (Å²) in [7, 11) is 0. The van der Waals surface area contributed by atoms with Gasteiger partial charge in [0.2, 0.25) is 0 Å². The topological polar surface area (TPSA) is 76.4 Å². The van der Waals surface area contributed by atoms with E-state index in [2.05, 4.69) is 42.1 Å². The molecule has 1 aromatic heterocycles. The second kappa shape index (κ2) is 5.34. The van der Waals surface area contributed by atoms with Gasteiger partial charge in [-0.05, 0) is 48.0 Å². The van der Waals surface area contributed by atoms with Crippen LogP contribution >= 0.6 is 31.9 Å². The van der Waals surface area contributed by atoms with Crippen LogP contribution in [0.2, 0.25) is 0 Å². The number of halogens is 2. The van der Waals surface area contributed by atoms with Crippen LogP contribution in [0, 0.1) is 13.8 Å². The summed E-state index contributed by atoms with van der Waals surface area (Å²) in [5.74, 6) is 0.0474. The van der Waals surface area contributed by atoms with Gasteiger partial charge in [0.25, 0.3) is 0 Å². The van der Waals surface area contributed by atoms with Crippen LogP contribution in [0.4, 0.5) is 0 Å². The van der Waals surface area contributed by atoms with Crippen LogP contribution in [0.5, 0.6) is 0 Å². The quantitative estimate of drug-likeness (QED) is 0.359. The molecule has 2 rings (SSSR count). The van der Waals surface area contributed by atoms with Gasteiger partial charge in [-0.25, -0.2) is 4.68 Å². The predicted octanol–water partition coefficient (Wildman–Crippen LogP) is 3.11. The number of aromatic nitrogens is 2. The Morgan fingerprint density at radius 2 is 2.05 bits per heavy atom. The molecular weight excluding hydrogens is 376 g/mol. The SMILES string of the molecule is Cc1nn(-c2cc(Br)ccc2/C(N)=N/O)c(C)c1Br. The van der Waals surface area contributed by atoms with Gasteiger partial charge in [-0.15, -0.1) is 0 Å². The summed E-state index contributed by atoms with van der Waals surface area (Å²) in [5.41, 5.74) is 8.89. The second-order valence-corrected chi connectivity index (χ2v) is 5.75. The molecule has 0 saturated heterocycles. The maximum atomic E-state index is 8.87. The first-order chi connectivity index (χ1) is 8.95. The van der Waals surface area contributed by atoms with E-state index in [1.54, 1.807) is 10.7 Å². The van der Waals surface area contributed by atoms with Crippen molar-refractivity contribution in [1.29, 1.82) is 0 Å². The lowest BCUT2D eigenvalue weighted by molar-refractivity contribution is 0.318. The molecule has 100 valence electrons. The normalized spacial score (nSPS) is 11.9. The van der Waals surface area contributed by atoms with Gasteiger partial charge in [0, 0.05) is 10.0 Å². The molecule has 0 bridgehead atoms. The third-order valence-corrected chi connectivity index (χ3v) is 4.42. The highest BCUT2D eigenvalue weighted by atomic mass is 79.9. The first kappa shape index (κ1) is 14.1. The molecule has 3 N–H and O–H groups in total. The first-order valence-corrected chi connectivity index (χ1v) is 7.04. The lowest BCUT2D eigenvalue weighted by Gasteiger charge is -2.10. The Morgan fingerprint density at radius 1 is 1.37 bits per heavy atom. The maximum absolute atomic E-state index is 8.87. The van der Waals surface area contributed by atoms with Crippen molar-refractivity contribution in [3.05, 3.63) is 44.1 Å². The average Bonchev–Trinajstić information content (AvgIpc) is 2.65. The minimum Gasteiger partial charge on any atom is -0.409 e. The minimum atomic E-state index is 0.0474. The molecule has 2 aromatic rings. The molecule has 1 heterocycles. The number of hydrogen-bond donors (Lipinski definition) is 2. The van der Waals surface area contributed by atoms with E-state index >= 15 is 0 Å². The molecule has 19 heavy (non-hydrogen) atoms. The van der Waals surface area contributed by atoms with E-state index in [-0.39, 0.29) is 5.84 Å². The van der Waals surface area contributed by atoms with Crippen LogP contribution < -0.4 is 5.73 Å². The molecule has 0 saturated carbocycles. The van der Waals surface area contributed by atoms with Gasteiger partial charge >= 0.3 is 0 Å². The van der Waals surface area contributed by atoms with Crippen molar-refractivity contribution in [1.82, 2.24) is 9.78 Å². The van der Waals surface area contributed by atoms with Crippen LogP contribution in [-0.4, -0.2) is 20.8 Å². The first-order valence-electron chi connectivity index (χ1n) is 5.45. The van der Waals surface area contributed by atoms with Crippen LogP contribution in [0.1, 0.15) is 17.0 Å². The van der Waals surface area contributed by atoms with Gasteiger partial charge in [-0.3, -0.25) is 0 Å². The fourth-order valence-corrected chi connectivity index (χ4v) is 2.40. The van der Waals surface area contributed by atoms with Gasteiger partial charge in [-0.2, -0.15) is 5.10 Å². The van der Waals surface area contributed by atoms with E-state index in [4.69, 9.17) is 10.9 Å². The zero-order valence-corrected chi connectivity index (χ0v) is 13.5. The number of hydrogen-bond acceptors (Lipinski definition) is 3. The highest BCUT2D eigenvalue weighted by molar-refractivity contribution is 9.10. The molecule has 0 fully saturated rings. The fourth-order valence-electron chi connectivity index (χ4n) is 1.81. The molecule has 0 spiro atoms. The summed E-state index contributed by atoms with van der Waals surface area (Å²) in [4.78, 5) is 0. The zero-order valence-electron chi connectivity index (χ0n) is 10.4. The Balaban J connectivity index is 2.73. The number of amidine groups is 1. The van der Waals surface area contributed by atoms with Crippen molar-refractivity contribution in [2.45, 2.75) is 13.8 Å². The van der Waals surface area contributed by atoms with Gasteiger partial charge in [0.1, 0.15) is 0 Å².